The number of pyridine rings is 2. The van der Waals surface area contributed by atoms with Crippen molar-refractivity contribution in [2.75, 3.05) is 0 Å². The minimum atomic E-state index is 0.622. The van der Waals surface area contributed by atoms with Crippen LogP contribution in [0.2, 0.25) is 0 Å². The standard InChI is InChI=1S/C47H29N5/c48-30-31-20-22-33(23-21-31)42-29-35(28-41(50-42)32-11-3-1-4-12-32)34-13-9-16-37(27-34)52-46-38(39-18-10-26-49-47(39)52)24-25-44-45(46)40-17-7-8-19-43(40)51(44)36-14-5-2-6-15-36/h1-29H. The Kier molecular flexibility index (Phi) is 6.80. The summed E-state index contributed by atoms with van der Waals surface area (Å²) in [5.74, 6) is 0. The fourth-order valence-corrected chi connectivity index (χ4v) is 7.63. The van der Waals surface area contributed by atoms with Gasteiger partial charge in [-0.1, -0.05) is 97.1 Å². The molecule has 0 unspecified atom stereocenters. The predicted octanol–water partition coefficient (Wildman–Crippen LogP) is 11.5. The first kappa shape index (κ1) is 29.6. The second-order valence-electron chi connectivity index (χ2n) is 13.0. The van der Waals surface area contributed by atoms with Crippen LogP contribution in [0, 0.1) is 11.3 Å². The van der Waals surface area contributed by atoms with E-state index in [4.69, 9.17) is 9.97 Å². The van der Waals surface area contributed by atoms with Crippen molar-refractivity contribution < 1.29 is 0 Å². The first-order valence-electron chi connectivity index (χ1n) is 17.3. The lowest BCUT2D eigenvalue weighted by Crippen LogP contribution is -1.97. The van der Waals surface area contributed by atoms with Gasteiger partial charge < -0.3 is 4.57 Å². The molecule has 0 aliphatic rings. The Morgan fingerprint density at radius 3 is 1.92 bits per heavy atom. The van der Waals surface area contributed by atoms with Gasteiger partial charge in [-0.15, -0.1) is 0 Å². The summed E-state index contributed by atoms with van der Waals surface area (Å²) in [5, 5.41) is 14.1. The van der Waals surface area contributed by atoms with Crippen molar-refractivity contribution in [3.63, 3.8) is 0 Å². The van der Waals surface area contributed by atoms with Crippen LogP contribution in [0.3, 0.4) is 0 Å². The molecule has 0 amide bonds. The SMILES string of the molecule is N#Cc1ccc(-c2cc(-c3cccc(-n4c5ncccc5c5ccc6c(c7ccccc7n6-c6ccccc6)c54)c3)cc(-c3ccccc3)n2)cc1. The zero-order valence-electron chi connectivity index (χ0n) is 28.0. The monoisotopic (exact) mass is 663 g/mol. The van der Waals surface area contributed by atoms with Gasteiger partial charge in [-0.2, -0.15) is 5.26 Å². The van der Waals surface area contributed by atoms with Crippen LogP contribution in [0.25, 0.3) is 88.8 Å². The second-order valence-corrected chi connectivity index (χ2v) is 13.0. The number of hydrogen-bond acceptors (Lipinski definition) is 3. The molecule has 52 heavy (non-hydrogen) atoms. The van der Waals surface area contributed by atoms with Gasteiger partial charge in [0.1, 0.15) is 5.65 Å². The van der Waals surface area contributed by atoms with Crippen LogP contribution >= 0.6 is 0 Å². The second kappa shape index (κ2) is 11.9. The average Bonchev–Trinajstić information content (AvgIpc) is 3.74. The van der Waals surface area contributed by atoms with Crippen molar-refractivity contribution in [2.45, 2.75) is 0 Å². The third kappa shape index (κ3) is 4.70. The van der Waals surface area contributed by atoms with Gasteiger partial charge in [-0.05, 0) is 83.9 Å². The van der Waals surface area contributed by atoms with Crippen LogP contribution < -0.4 is 0 Å². The Hall–Kier alpha value is -7.29. The van der Waals surface area contributed by atoms with Crippen LogP contribution in [0.5, 0.6) is 0 Å². The van der Waals surface area contributed by atoms with E-state index in [1.54, 1.807) is 0 Å². The maximum absolute atomic E-state index is 9.41. The van der Waals surface area contributed by atoms with E-state index in [1.807, 2.05) is 54.7 Å². The predicted molar refractivity (Wildman–Crippen MR) is 212 cm³/mol. The van der Waals surface area contributed by atoms with Gasteiger partial charge >= 0.3 is 0 Å². The molecule has 0 aliphatic heterocycles. The molecule has 0 atom stereocenters. The van der Waals surface area contributed by atoms with E-state index in [0.717, 1.165) is 78.0 Å². The molecule has 0 spiro atoms. The van der Waals surface area contributed by atoms with Gasteiger partial charge in [0.15, 0.2) is 0 Å². The van der Waals surface area contributed by atoms with Crippen molar-refractivity contribution in [1.29, 1.82) is 5.26 Å². The number of nitrogens with zero attached hydrogens (tertiary/aromatic N) is 5. The number of benzene rings is 6. The number of rotatable bonds is 5. The minimum Gasteiger partial charge on any atom is -0.309 e. The summed E-state index contributed by atoms with van der Waals surface area (Å²) in [6, 6.07) is 61.1. The molecular formula is C47H29N5. The van der Waals surface area contributed by atoms with E-state index in [2.05, 4.69) is 137 Å². The molecule has 4 heterocycles. The molecule has 0 bridgehead atoms. The van der Waals surface area contributed by atoms with E-state index in [0.29, 0.717) is 5.56 Å². The highest BCUT2D eigenvalue weighted by molar-refractivity contribution is 6.25. The van der Waals surface area contributed by atoms with Crippen LogP contribution in [0.15, 0.2) is 176 Å². The first-order chi connectivity index (χ1) is 25.7. The van der Waals surface area contributed by atoms with Crippen LogP contribution in [-0.4, -0.2) is 19.1 Å². The molecule has 10 aromatic rings. The van der Waals surface area contributed by atoms with Crippen molar-refractivity contribution in [2.24, 2.45) is 0 Å². The van der Waals surface area contributed by atoms with Gasteiger partial charge in [0, 0.05) is 50.2 Å². The fourth-order valence-electron chi connectivity index (χ4n) is 7.63. The normalized spacial score (nSPS) is 11.4. The van der Waals surface area contributed by atoms with Crippen molar-refractivity contribution >= 4 is 43.7 Å². The Balaban J connectivity index is 1.24. The Morgan fingerprint density at radius 2 is 1.13 bits per heavy atom. The summed E-state index contributed by atoms with van der Waals surface area (Å²) < 4.78 is 4.70. The third-order valence-corrected chi connectivity index (χ3v) is 9.98. The molecule has 0 radical (unpaired) electrons. The Labute approximate surface area is 299 Å². The van der Waals surface area contributed by atoms with Gasteiger partial charge in [-0.3, -0.25) is 4.57 Å². The van der Waals surface area contributed by atoms with E-state index >= 15 is 0 Å². The number of nitriles is 1. The summed E-state index contributed by atoms with van der Waals surface area (Å²) in [7, 11) is 0. The highest BCUT2D eigenvalue weighted by atomic mass is 15.1. The maximum Gasteiger partial charge on any atom is 0.145 e. The molecule has 242 valence electrons. The minimum absolute atomic E-state index is 0.622. The summed E-state index contributed by atoms with van der Waals surface area (Å²) >= 11 is 0. The highest BCUT2D eigenvalue weighted by Gasteiger charge is 2.21. The van der Waals surface area contributed by atoms with Crippen LogP contribution in [-0.2, 0) is 0 Å². The molecule has 6 aromatic carbocycles. The summed E-state index contributed by atoms with van der Waals surface area (Å²) in [5.41, 5.74) is 13.0. The molecule has 5 heteroatoms. The van der Waals surface area contributed by atoms with Crippen molar-refractivity contribution in [1.82, 2.24) is 19.1 Å². The molecule has 0 saturated carbocycles. The highest BCUT2D eigenvalue weighted by Crippen LogP contribution is 2.42. The topological polar surface area (TPSA) is 59.4 Å². The van der Waals surface area contributed by atoms with Crippen LogP contribution in [0.4, 0.5) is 0 Å². The van der Waals surface area contributed by atoms with Crippen LogP contribution in [0.1, 0.15) is 5.56 Å². The van der Waals surface area contributed by atoms with Crippen molar-refractivity contribution in [3.05, 3.63) is 182 Å². The zero-order chi connectivity index (χ0) is 34.6. The fraction of sp³-hybridized carbons (Fsp3) is 0. The molecule has 5 nitrogen and oxygen atoms in total. The van der Waals surface area contributed by atoms with E-state index in [1.165, 1.54) is 10.8 Å². The van der Waals surface area contributed by atoms with Gasteiger partial charge in [-0.25, -0.2) is 9.97 Å². The molecule has 0 N–H and O–H groups in total. The molecule has 0 fully saturated rings. The lowest BCUT2D eigenvalue weighted by molar-refractivity contribution is 1.14. The summed E-state index contributed by atoms with van der Waals surface area (Å²) in [6.45, 7) is 0. The van der Waals surface area contributed by atoms with Gasteiger partial charge in [0.2, 0.25) is 0 Å². The lowest BCUT2D eigenvalue weighted by Gasteiger charge is -2.13. The lowest BCUT2D eigenvalue weighted by atomic mass is 9.99. The maximum atomic E-state index is 9.41. The zero-order valence-corrected chi connectivity index (χ0v) is 28.0. The Bertz CT molecular complexity index is 3000. The summed E-state index contributed by atoms with van der Waals surface area (Å²) in [6.07, 6.45) is 1.88. The molecule has 4 aromatic heterocycles. The first-order valence-corrected chi connectivity index (χ1v) is 17.3. The van der Waals surface area contributed by atoms with Gasteiger partial charge in [0.05, 0.1) is 39.6 Å². The average molecular weight is 664 g/mol. The van der Waals surface area contributed by atoms with Gasteiger partial charge in [0.25, 0.3) is 0 Å². The number of fused-ring (bicyclic) bond motifs is 7. The molecule has 0 saturated heterocycles. The van der Waals surface area contributed by atoms with Crippen molar-refractivity contribution in [3.8, 4) is 51.1 Å². The Morgan fingerprint density at radius 1 is 0.462 bits per heavy atom. The molecule has 10 rings (SSSR count). The number of para-hydroxylation sites is 2. The van der Waals surface area contributed by atoms with E-state index in [-0.39, 0.29) is 0 Å². The number of aromatic nitrogens is 4. The van der Waals surface area contributed by atoms with E-state index < -0.39 is 0 Å². The molecular weight excluding hydrogens is 635 g/mol. The summed E-state index contributed by atoms with van der Waals surface area (Å²) in [4.78, 5) is 10.1. The smallest absolute Gasteiger partial charge is 0.145 e. The molecule has 0 aliphatic carbocycles. The number of hydrogen-bond donors (Lipinski definition) is 0. The third-order valence-electron chi connectivity index (χ3n) is 9.98. The van der Waals surface area contributed by atoms with E-state index in [9.17, 15) is 5.26 Å². The quantitative estimate of drug-likeness (QED) is 0.184. The largest absolute Gasteiger partial charge is 0.309 e.